The first-order chi connectivity index (χ1) is 19.3. The van der Waals surface area contributed by atoms with Crippen molar-refractivity contribution < 1.29 is 19.2 Å². The predicted molar refractivity (Wildman–Crippen MR) is 152 cm³/mol. The highest BCUT2D eigenvalue weighted by atomic mass is 16.2. The van der Waals surface area contributed by atoms with Crippen LogP contribution in [0.3, 0.4) is 0 Å². The van der Waals surface area contributed by atoms with Gasteiger partial charge in [0, 0.05) is 87.1 Å². The number of hydrogen-bond acceptors (Lipinski definition) is 4. The fraction of sp³-hybridized carbons (Fsp3) is 0.333. The van der Waals surface area contributed by atoms with Gasteiger partial charge < -0.3 is 30.4 Å². The Balaban J connectivity index is 1.25. The molecule has 10 nitrogen and oxygen atoms in total. The lowest BCUT2D eigenvalue weighted by atomic mass is 10.0. The molecule has 5 rings (SSSR count). The Labute approximate surface area is 232 Å². The Hall–Kier alpha value is -4.60. The van der Waals surface area contributed by atoms with Gasteiger partial charge in [0.05, 0.1) is 0 Å². The van der Waals surface area contributed by atoms with E-state index in [1.54, 1.807) is 9.80 Å². The summed E-state index contributed by atoms with van der Waals surface area (Å²) in [5, 5.41) is 7.66. The van der Waals surface area contributed by atoms with E-state index in [0.717, 1.165) is 32.9 Å². The Morgan fingerprint density at radius 2 is 1.05 bits per heavy atom. The van der Waals surface area contributed by atoms with Crippen molar-refractivity contribution >= 4 is 45.4 Å². The van der Waals surface area contributed by atoms with Gasteiger partial charge in [-0.25, -0.2) is 0 Å². The lowest BCUT2D eigenvalue weighted by Gasteiger charge is -2.38. The highest BCUT2D eigenvalue weighted by Gasteiger charge is 2.33. The van der Waals surface area contributed by atoms with Gasteiger partial charge in [-0.1, -0.05) is 36.4 Å². The molecule has 0 aliphatic carbocycles. The Morgan fingerprint density at radius 1 is 0.675 bits per heavy atom. The van der Waals surface area contributed by atoms with E-state index < -0.39 is 12.1 Å². The van der Waals surface area contributed by atoms with Crippen molar-refractivity contribution in [1.29, 1.82) is 0 Å². The third-order valence-electron chi connectivity index (χ3n) is 7.45. The van der Waals surface area contributed by atoms with Gasteiger partial charge in [-0.15, -0.1) is 0 Å². The van der Waals surface area contributed by atoms with Crippen molar-refractivity contribution in [3.63, 3.8) is 0 Å². The first-order valence-electron chi connectivity index (χ1n) is 13.5. The van der Waals surface area contributed by atoms with Crippen molar-refractivity contribution in [2.75, 3.05) is 26.2 Å². The van der Waals surface area contributed by atoms with E-state index in [1.165, 1.54) is 13.8 Å². The van der Waals surface area contributed by atoms with E-state index in [2.05, 4.69) is 20.6 Å². The summed E-state index contributed by atoms with van der Waals surface area (Å²) in [6, 6.07) is 14.3. The van der Waals surface area contributed by atoms with Gasteiger partial charge in [0.25, 0.3) is 0 Å². The van der Waals surface area contributed by atoms with Crippen molar-refractivity contribution in [3.8, 4) is 0 Å². The molecule has 0 saturated carbocycles. The summed E-state index contributed by atoms with van der Waals surface area (Å²) >= 11 is 0. The summed E-state index contributed by atoms with van der Waals surface area (Å²) < 4.78 is 0. The van der Waals surface area contributed by atoms with Crippen LogP contribution < -0.4 is 10.6 Å². The zero-order valence-corrected chi connectivity index (χ0v) is 22.7. The maximum absolute atomic E-state index is 13.5. The minimum Gasteiger partial charge on any atom is -0.361 e. The molecule has 10 heteroatoms. The van der Waals surface area contributed by atoms with E-state index in [9.17, 15) is 19.2 Å². The van der Waals surface area contributed by atoms with E-state index in [1.807, 2.05) is 60.9 Å². The SMILES string of the molecule is CC(=O)N[C@@H](Cc1c[nH]c2ccccc12)C(=O)N1CCN(C(=O)[C@H](Cc2c[nH]c3ccccc23)NC(C)=O)CC1. The smallest absolute Gasteiger partial charge is 0.245 e. The number of carbonyl (C=O) groups is 4. The van der Waals surface area contributed by atoms with Crippen LogP contribution in [0, 0.1) is 0 Å². The van der Waals surface area contributed by atoms with Crippen LogP contribution in [0.4, 0.5) is 0 Å². The monoisotopic (exact) mass is 542 g/mol. The molecule has 2 aromatic heterocycles. The van der Waals surface area contributed by atoms with Crippen LogP contribution >= 0.6 is 0 Å². The highest BCUT2D eigenvalue weighted by Crippen LogP contribution is 2.21. The molecular weight excluding hydrogens is 508 g/mol. The predicted octanol–water partition coefficient (Wildman–Crippen LogP) is 2.11. The maximum atomic E-state index is 13.5. The summed E-state index contributed by atoms with van der Waals surface area (Å²) in [6.07, 6.45) is 4.46. The molecule has 1 fully saturated rings. The minimum absolute atomic E-state index is 0.176. The van der Waals surface area contributed by atoms with Gasteiger partial charge in [-0.05, 0) is 23.3 Å². The van der Waals surface area contributed by atoms with Crippen LogP contribution in [0.5, 0.6) is 0 Å². The normalized spacial score (nSPS) is 15.2. The Bertz CT molecular complexity index is 1430. The molecule has 3 heterocycles. The molecule has 1 aliphatic rings. The zero-order valence-electron chi connectivity index (χ0n) is 22.7. The number of H-pyrrole nitrogens is 2. The first kappa shape index (κ1) is 27.0. The van der Waals surface area contributed by atoms with E-state index in [-0.39, 0.29) is 23.6 Å². The van der Waals surface area contributed by atoms with Gasteiger partial charge in [-0.3, -0.25) is 19.2 Å². The number of aromatic amines is 2. The zero-order chi connectivity index (χ0) is 28.2. The largest absolute Gasteiger partial charge is 0.361 e. The average molecular weight is 543 g/mol. The summed E-state index contributed by atoms with van der Waals surface area (Å²) in [5.74, 6) is -0.903. The summed E-state index contributed by atoms with van der Waals surface area (Å²) in [6.45, 7) is 4.18. The number of nitrogens with zero attached hydrogens (tertiary/aromatic N) is 2. The molecular formula is C30H34N6O4. The number of amides is 4. The lowest BCUT2D eigenvalue weighted by molar-refractivity contribution is -0.143. The standard InChI is InChI=1S/C30H34N6O4/c1-19(37)33-27(15-21-17-31-25-9-5-3-7-23(21)25)29(39)35-11-13-36(14-12-35)30(40)28(34-20(2)38)16-22-18-32-26-10-6-4-8-24(22)26/h3-10,17-18,27-28,31-32H,11-16H2,1-2H3,(H,33,37)(H,34,38)/t27-,28-/m0/s1. The number of benzene rings is 2. The number of aromatic nitrogens is 2. The van der Waals surface area contributed by atoms with Gasteiger partial charge in [0.1, 0.15) is 12.1 Å². The molecule has 40 heavy (non-hydrogen) atoms. The number of nitrogens with one attached hydrogen (secondary N) is 4. The molecule has 0 spiro atoms. The van der Waals surface area contributed by atoms with E-state index >= 15 is 0 Å². The molecule has 1 aliphatic heterocycles. The number of piperazine rings is 1. The molecule has 4 amide bonds. The summed E-state index contributed by atoms with van der Waals surface area (Å²) in [5.41, 5.74) is 3.85. The number of para-hydroxylation sites is 2. The van der Waals surface area contributed by atoms with Crippen LogP contribution in [-0.2, 0) is 32.0 Å². The third kappa shape index (κ3) is 5.85. The van der Waals surface area contributed by atoms with Crippen LogP contribution in [0.1, 0.15) is 25.0 Å². The van der Waals surface area contributed by atoms with Crippen molar-refractivity contribution in [2.24, 2.45) is 0 Å². The van der Waals surface area contributed by atoms with Crippen LogP contribution in [0.2, 0.25) is 0 Å². The second-order valence-electron chi connectivity index (χ2n) is 10.3. The molecule has 208 valence electrons. The molecule has 2 aromatic carbocycles. The number of rotatable bonds is 8. The topological polar surface area (TPSA) is 130 Å². The number of fused-ring (bicyclic) bond motifs is 2. The van der Waals surface area contributed by atoms with Crippen molar-refractivity contribution in [2.45, 2.75) is 38.8 Å². The second kappa shape index (κ2) is 11.6. The molecule has 0 unspecified atom stereocenters. The molecule has 4 aromatic rings. The number of hydrogen-bond donors (Lipinski definition) is 4. The quantitative estimate of drug-likeness (QED) is 0.272. The second-order valence-corrected chi connectivity index (χ2v) is 10.3. The third-order valence-corrected chi connectivity index (χ3v) is 7.45. The van der Waals surface area contributed by atoms with E-state index in [0.29, 0.717) is 39.0 Å². The van der Waals surface area contributed by atoms with Crippen molar-refractivity contribution in [1.82, 2.24) is 30.4 Å². The van der Waals surface area contributed by atoms with Crippen LogP contribution in [0.25, 0.3) is 21.8 Å². The fourth-order valence-electron chi connectivity index (χ4n) is 5.52. The Morgan fingerprint density at radius 3 is 1.43 bits per heavy atom. The van der Waals surface area contributed by atoms with Crippen LogP contribution in [-0.4, -0.2) is 81.7 Å². The molecule has 1 saturated heterocycles. The maximum Gasteiger partial charge on any atom is 0.245 e. The molecule has 2 atom stereocenters. The molecule has 4 N–H and O–H groups in total. The molecule has 0 bridgehead atoms. The van der Waals surface area contributed by atoms with Crippen molar-refractivity contribution in [3.05, 3.63) is 72.1 Å². The van der Waals surface area contributed by atoms with Gasteiger partial charge in [-0.2, -0.15) is 0 Å². The fourth-order valence-corrected chi connectivity index (χ4v) is 5.52. The summed E-state index contributed by atoms with van der Waals surface area (Å²) in [7, 11) is 0. The first-order valence-corrected chi connectivity index (χ1v) is 13.5. The average Bonchev–Trinajstić information content (AvgIpc) is 3.55. The van der Waals surface area contributed by atoms with Gasteiger partial charge in [0.2, 0.25) is 23.6 Å². The van der Waals surface area contributed by atoms with Gasteiger partial charge in [0.15, 0.2) is 0 Å². The van der Waals surface area contributed by atoms with Crippen LogP contribution in [0.15, 0.2) is 60.9 Å². The Kier molecular flexibility index (Phi) is 7.86. The number of carbonyl (C=O) groups excluding carboxylic acids is 4. The van der Waals surface area contributed by atoms with E-state index in [4.69, 9.17) is 0 Å². The molecule has 0 radical (unpaired) electrons. The highest BCUT2D eigenvalue weighted by molar-refractivity contribution is 5.91. The van der Waals surface area contributed by atoms with Gasteiger partial charge >= 0.3 is 0 Å². The summed E-state index contributed by atoms with van der Waals surface area (Å²) in [4.78, 5) is 60.8. The minimum atomic E-state index is -0.715. The lowest BCUT2D eigenvalue weighted by Crippen LogP contribution is -2.58.